The number of hydrogen-bond donors (Lipinski definition) is 0. The minimum atomic E-state index is -1.09. The normalized spacial score (nSPS) is 10.7. The average molecular weight is 471 g/mol. The van der Waals surface area contributed by atoms with E-state index < -0.39 is 5.97 Å². The first-order valence-electron chi connectivity index (χ1n) is 10.5. The van der Waals surface area contributed by atoms with E-state index in [4.69, 9.17) is 19.0 Å². The van der Waals surface area contributed by atoms with Crippen LogP contribution >= 0.6 is 0 Å². The Morgan fingerprint density at radius 1 is 0.912 bits per heavy atom. The number of carboxylic acids is 1. The average Bonchev–Trinajstić information content (AvgIpc) is 2.85. The number of methoxy groups -OCH3 is 1. The molecular formula is C26H26NNaO6. The number of nitrogens with zero attached hydrogens (tertiary/aromatic N) is 1. The molecule has 0 saturated carbocycles. The number of benzene rings is 3. The fraction of sp³-hybridized carbons (Fsp3) is 0.231. The molecule has 0 amide bonds. The van der Waals surface area contributed by atoms with Gasteiger partial charge in [-0.1, -0.05) is 53.7 Å². The van der Waals surface area contributed by atoms with E-state index in [9.17, 15) is 9.90 Å². The summed E-state index contributed by atoms with van der Waals surface area (Å²) in [6, 6.07) is 22.7. The van der Waals surface area contributed by atoms with Gasteiger partial charge in [0.25, 0.3) is 0 Å². The summed E-state index contributed by atoms with van der Waals surface area (Å²) in [5.41, 5.74) is 3.39. The van der Waals surface area contributed by atoms with Crippen molar-refractivity contribution in [2.75, 3.05) is 20.8 Å². The predicted molar refractivity (Wildman–Crippen MR) is 123 cm³/mol. The van der Waals surface area contributed by atoms with Gasteiger partial charge in [-0.05, 0) is 42.2 Å². The van der Waals surface area contributed by atoms with Gasteiger partial charge in [-0.3, -0.25) is 0 Å². The molecule has 0 spiro atoms. The molecule has 0 aromatic heterocycles. The Balaban J connectivity index is 0.00000408. The number of oxime groups is 1. The van der Waals surface area contributed by atoms with Crippen LogP contribution in [0, 0.1) is 0 Å². The van der Waals surface area contributed by atoms with Crippen LogP contribution in [-0.4, -0.2) is 32.5 Å². The van der Waals surface area contributed by atoms with Crippen molar-refractivity contribution in [3.63, 3.8) is 0 Å². The Kier molecular flexibility index (Phi) is 11.5. The Labute approximate surface area is 221 Å². The van der Waals surface area contributed by atoms with Crippen LogP contribution in [0.15, 0.2) is 78.0 Å². The molecule has 3 rings (SSSR count). The predicted octanol–water partition coefficient (Wildman–Crippen LogP) is 0.390. The first-order chi connectivity index (χ1) is 16.1. The zero-order chi connectivity index (χ0) is 23.5. The van der Waals surface area contributed by atoms with E-state index in [0.717, 1.165) is 16.7 Å². The maximum absolute atomic E-state index is 10.7. The summed E-state index contributed by atoms with van der Waals surface area (Å²) in [5.74, 6) is 0.835. The van der Waals surface area contributed by atoms with Crippen molar-refractivity contribution in [1.29, 1.82) is 0 Å². The summed E-state index contributed by atoms with van der Waals surface area (Å²) in [6.45, 7) is 0.639. The topological polar surface area (TPSA) is 89.4 Å². The minimum absolute atomic E-state index is 0. The van der Waals surface area contributed by atoms with Crippen LogP contribution in [0.2, 0.25) is 0 Å². The zero-order valence-electron chi connectivity index (χ0n) is 19.7. The number of carbonyl (C=O) groups excluding carboxylic acids is 1. The van der Waals surface area contributed by atoms with E-state index in [1.165, 1.54) is 7.11 Å². The number of ether oxygens (including phenoxy) is 3. The molecule has 0 heterocycles. The fourth-order valence-electron chi connectivity index (χ4n) is 3.16. The van der Waals surface area contributed by atoms with Crippen molar-refractivity contribution < 1.29 is 58.5 Å². The van der Waals surface area contributed by atoms with Crippen molar-refractivity contribution in [3.8, 4) is 17.2 Å². The van der Waals surface area contributed by atoms with Gasteiger partial charge in [0.2, 0.25) is 0 Å². The van der Waals surface area contributed by atoms with Gasteiger partial charge in [0, 0.05) is 17.6 Å². The first kappa shape index (κ1) is 27.2. The molecule has 8 heteroatoms. The Hall–Kier alpha value is -3.00. The monoisotopic (exact) mass is 471 g/mol. The number of carboxylic acid groups (broad SMARTS) is 1. The molecule has 172 valence electrons. The Morgan fingerprint density at radius 3 is 2.26 bits per heavy atom. The van der Waals surface area contributed by atoms with Crippen LogP contribution < -0.4 is 48.9 Å². The summed E-state index contributed by atoms with van der Waals surface area (Å²) in [5, 5.41) is 14.8. The van der Waals surface area contributed by atoms with E-state index in [0.29, 0.717) is 36.0 Å². The second-order valence-electron chi connectivity index (χ2n) is 7.15. The number of aryl methyl sites for hydroxylation is 1. The van der Waals surface area contributed by atoms with Crippen LogP contribution in [0.4, 0.5) is 0 Å². The van der Waals surface area contributed by atoms with E-state index >= 15 is 0 Å². The molecule has 0 radical (unpaired) electrons. The van der Waals surface area contributed by atoms with Crippen LogP contribution in [-0.2, 0) is 22.7 Å². The van der Waals surface area contributed by atoms with E-state index in [1.54, 1.807) is 25.3 Å². The quantitative estimate of drug-likeness (QED) is 0.216. The molecule has 0 aliphatic heterocycles. The smallest absolute Gasteiger partial charge is 0.550 e. The van der Waals surface area contributed by atoms with Crippen molar-refractivity contribution in [3.05, 3.63) is 89.5 Å². The van der Waals surface area contributed by atoms with Crippen molar-refractivity contribution in [2.45, 2.75) is 19.4 Å². The Bertz CT molecular complexity index is 1070. The van der Waals surface area contributed by atoms with Crippen LogP contribution in [0.25, 0.3) is 0 Å². The van der Waals surface area contributed by atoms with Crippen molar-refractivity contribution in [1.82, 2.24) is 0 Å². The van der Waals surface area contributed by atoms with Gasteiger partial charge in [-0.15, -0.1) is 0 Å². The molecule has 0 aliphatic carbocycles. The second-order valence-corrected chi connectivity index (χ2v) is 7.15. The summed E-state index contributed by atoms with van der Waals surface area (Å²) in [7, 11) is 3.05. The second kappa shape index (κ2) is 14.3. The minimum Gasteiger partial charge on any atom is -0.550 e. The molecule has 0 unspecified atom stereocenters. The maximum Gasteiger partial charge on any atom is 1.00 e. The molecule has 7 nitrogen and oxygen atoms in total. The molecule has 34 heavy (non-hydrogen) atoms. The van der Waals surface area contributed by atoms with Crippen LogP contribution in [0.1, 0.15) is 23.1 Å². The third-order valence-corrected chi connectivity index (χ3v) is 4.87. The molecule has 0 bridgehead atoms. The third kappa shape index (κ3) is 8.41. The number of rotatable bonds is 12. The van der Waals surface area contributed by atoms with Gasteiger partial charge in [0.15, 0.2) is 0 Å². The van der Waals surface area contributed by atoms with Crippen molar-refractivity contribution in [2.24, 2.45) is 5.16 Å². The van der Waals surface area contributed by atoms with Crippen molar-refractivity contribution >= 4 is 11.7 Å². The number of carbonyl (C=O) groups is 1. The standard InChI is InChI=1S/C26H27NO6.Na/c1-30-25-16-23(14-10-21(25)11-15-26(28)29)32-17-19-8-12-22(13-9-19)33-18-24(27-31-2)20-6-4-3-5-7-20;/h3-10,12-14,16H,11,15,17-18H2,1-2H3,(H,28,29);/q;+1/p-1/b27-24+;. The molecule has 0 aliphatic rings. The van der Waals surface area contributed by atoms with Crippen LogP contribution in [0.3, 0.4) is 0 Å². The van der Waals surface area contributed by atoms with Gasteiger partial charge >= 0.3 is 29.6 Å². The third-order valence-electron chi connectivity index (χ3n) is 4.87. The zero-order valence-corrected chi connectivity index (χ0v) is 21.7. The molecule has 0 fully saturated rings. The molecule has 0 N–H and O–H groups in total. The molecule has 3 aromatic rings. The number of hydrogen-bond acceptors (Lipinski definition) is 7. The van der Waals surface area contributed by atoms with Gasteiger partial charge in [-0.2, -0.15) is 0 Å². The fourth-order valence-corrected chi connectivity index (χ4v) is 3.16. The SMILES string of the molecule is CO/N=C(\COc1ccc(COc2ccc(CCC(=O)[O-])c(OC)c2)cc1)c1ccccc1.[Na+]. The molecule has 3 aromatic carbocycles. The van der Waals surface area contributed by atoms with Crippen LogP contribution in [0.5, 0.6) is 17.2 Å². The summed E-state index contributed by atoms with van der Waals surface area (Å²) in [6.07, 6.45) is 0.281. The number of aliphatic carboxylic acids is 1. The maximum atomic E-state index is 10.7. The largest absolute Gasteiger partial charge is 1.00 e. The van der Waals surface area contributed by atoms with E-state index in [-0.39, 0.29) is 42.6 Å². The Morgan fingerprint density at radius 2 is 1.62 bits per heavy atom. The summed E-state index contributed by atoms with van der Waals surface area (Å²) < 4.78 is 17.1. The van der Waals surface area contributed by atoms with Gasteiger partial charge < -0.3 is 28.9 Å². The molecule has 0 saturated heterocycles. The van der Waals surface area contributed by atoms with Gasteiger partial charge in [-0.25, -0.2) is 0 Å². The van der Waals surface area contributed by atoms with E-state index in [1.807, 2.05) is 54.6 Å². The first-order valence-corrected chi connectivity index (χ1v) is 10.5. The van der Waals surface area contributed by atoms with Gasteiger partial charge in [0.1, 0.15) is 43.3 Å². The van der Waals surface area contributed by atoms with E-state index in [2.05, 4.69) is 5.16 Å². The summed E-state index contributed by atoms with van der Waals surface area (Å²) in [4.78, 5) is 15.6. The molecule has 0 atom stereocenters. The van der Waals surface area contributed by atoms with Gasteiger partial charge in [0.05, 0.1) is 7.11 Å². The molecular weight excluding hydrogens is 445 g/mol. The summed E-state index contributed by atoms with van der Waals surface area (Å²) >= 11 is 0.